The Labute approximate surface area is 559 Å². The number of carbonyl (C=O) groups excluding carboxylic acids is 2. The summed E-state index contributed by atoms with van der Waals surface area (Å²) in [7, 11) is 1.48. The zero-order chi connectivity index (χ0) is 65.5. The molecule has 528 valence electrons. The van der Waals surface area contributed by atoms with Crippen LogP contribution in [0.3, 0.4) is 0 Å². The van der Waals surface area contributed by atoms with Gasteiger partial charge in [-0.15, -0.1) is 0 Å². The van der Waals surface area contributed by atoms with Crippen LogP contribution in [0, 0.1) is 0 Å². The molecule has 0 fully saturated rings. The van der Waals surface area contributed by atoms with Gasteiger partial charge in [0.2, 0.25) is 0 Å². The van der Waals surface area contributed by atoms with Gasteiger partial charge in [0.05, 0.1) is 27.7 Å². The Bertz CT molecular complexity index is 1700. The predicted octanol–water partition coefficient (Wildman–Crippen LogP) is 25.7. The van der Waals surface area contributed by atoms with E-state index in [9.17, 15) is 19.0 Å². The fourth-order valence-electron chi connectivity index (χ4n) is 11.6. The molecule has 2 atom stereocenters. The quantitative estimate of drug-likeness (QED) is 0.0211. The molecule has 0 aromatic rings. The summed E-state index contributed by atoms with van der Waals surface area (Å²) in [6.45, 7) is 4.37. The predicted molar refractivity (Wildman–Crippen MR) is 390 cm³/mol. The summed E-state index contributed by atoms with van der Waals surface area (Å²) in [5.74, 6) is -0.789. The number of ether oxygens (including phenoxy) is 2. The number of allylic oxidation sites excluding steroid dienone is 10. The molecule has 0 aliphatic heterocycles. The smallest absolute Gasteiger partial charge is 0.462 e. The molecule has 0 aliphatic rings. The maximum Gasteiger partial charge on any atom is 0.472 e. The second-order valence-electron chi connectivity index (χ2n) is 27.7. The third kappa shape index (κ3) is 74.7. The summed E-state index contributed by atoms with van der Waals surface area (Å²) in [6, 6.07) is 0. The van der Waals surface area contributed by atoms with Crippen molar-refractivity contribution in [1.29, 1.82) is 0 Å². The lowest BCUT2D eigenvalue weighted by atomic mass is 10.0. The van der Waals surface area contributed by atoms with Crippen molar-refractivity contribution in [3.05, 3.63) is 60.8 Å². The summed E-state index contributed by atoms with van der Waals surface area (Å²) < 4.78 is 34.8. The molecule has 0 saturated heterocycles. The number of hydrogen-bond donors (Lipinski definition) is 1. The van der Waals surface area contributed by atoms with Gasteiger partial charge in [-0.1, -0.05) is 376 Å². The van der Waals surface area contributed by atoms with Crippen LogP contribution >= 0.6 is 7.82 Å². The highest BCUT2D eigenvalue weighted by atomic mass is 31.2. The van der Waals surface area contributed by atoms with Crippen LogP contribution in [-0.4, -0.2) is 74.9 Å². The number of phosphoric ester groups is 1. The van der Waals surface area contributed by atoms with Crippen LogP contribution < -0.4 is 0 Å². The second kappa shape index (κ2) is 71.0. The molecule has 0 bridgehead atoms. The summed E-state index contributed by atoms with van der Waals surface area (Å²) in [4.78, 5) is 35.9. The minimum Gasteiger partial charge on any atom is -0.462 e. The average Bonchev–Trinajstić information content (AvgIpc) is 3.58. The fraction of sp³-hybridized carbons (Fsp3) is 0.850. The van der Waals surface area contributed by atoms with Crippen LogP contribution in [-0.2, 0) is 32.7 Å². The van der Waals surface area contributed by atoms with Gasteiger partial charge < -0.3 is 18.9 Å². The van der Waals surface area contributed by atoms with Gasteiger partial charge in [-0.3, -0.25) is 18.6 Å². The third-order valence-electron chi connectivity index (χ3n) is 17.6. The molecule has 0 rings (SSSR count). The van der Waals surface area contributed by atoms with Gasteiger partial charge in [0.15, 0.2) is 6.10 Å². The van der Waals surface area contributed by atoms with Gasteiger partial charge in [-0.05, 0) is 57.8 Å². The first-order valence-electron chi connectivity index (χ1n) is 39.0. The molecule has 0 aliphatic carbocycles. The molecule has 2 unspecified atom stereocenters. The molecule has 0 radical (unpaired) electrons. The number of hydrogen-bond acceptors (Lipinski definition) is 7. The largest absolute Gasteiger partial charge is 0.472 e. The molecule has 1 N–H and O–H groups in total. The first-order valence-corrected chi connectivity index (χ1v) is 40.5. The highest BCUT2D eigenvalue weighted by Crippen LogP contribution is 2.43. The Balaban J connectivity index is 3.88. The van der Waals surface area contributed by atoms with Crippen molar-refractivity contribution in [2.75, 3.05) is 47.5 Å². The molecule has 0 spiro atoms. The van der Waals surface area contributed by atoms with Crippen LogP contribution in [0.1, 0.15) is 386 Å². The van der Waals surface area contributed by atoms with E-state index >= 15 is 0 Å². The van der Waals surface area contributed by atoms with Crippen molar-refractivity contribution in [3.8, 4) is 0 Å². The standard InChI is InChI=1S/C80H150NO8P/c1-6-8-10-12-14-16-18-20-22-24-26-28-30-32-33-34-35-36-37-38-39-40-41-42-43-44-45-46-47-49-50-52-54-56-58-60-62-64-66-68-70-72-79(82)86-76-78(77-88-90(84,85)87-75-74-81(3,4)5)89-80(83)73-71-69-67-65-63-61-59-57-55-53-51-48-31-29-27-25-23-21-19-17-15-13-11-9-7-2/h9,11,15,17,21,23,27,29,48,51,78H,6-8,10,12-14,16,18-20,22,24-26,28,30-47,49-50,52-77H2,1-5H3/p+1/b11-9-,17-15-,23-21-,29-27-,51-48-. The minimum atomic E-state index is -4.40. The average molecular weight is 1290 g/mol. The Kier molecular flexibility index (Phi) is 69.2. The SMILES string of the molecule is CC/C=C\C/C=C\C/C=C\C/C=C\C/C=C\CCCCCCCCCCCC(=O)OC(COC(=O)CCCCCCCCCCCCCCCCCCCCCCCCCCCCCCCCCCCCCCCCCCC)COP(=O)(O)OCC[N+](C)(C)C. The lowest BCUT2D eigenvalue weighted by molar-refractivity contribution is -0.870. The van der Waals surface area contributed by atoms with E-state index < -0.39 is 26.5 Å². The highest BCUT2D eigenvalue weighted by Gasteiger charge is 2.27. The lowest BCUT2D eigenvalue weighted by Crippen LogP contribution is -2.37. The zero-order valence-corrected chi connectivity index (χ0v) is 61.3. The van der Waals surface area contributed by atoms with Crippen LogP contribution in [0.25, 0.3) is 0 Å². The van der Waals surface area contributed by atoms with Crippen LogP contribution in [0.5, 0.6) is 0 Å². The molecule has 0 aromatic carbocycles. The van der Waals surface area contributed by atoms with Gasteiger partial charge in [-0.25, -0.2) is 4.57 Å². The van der Waals surface area contributed by atoms with E-state index in [2.05, 4.69) is 74.6 Å². The van der Waals surface area contributed by atoms with E-state index in [1.165, 1.54) is 276 Å². The molecule has 0 heterocycles. The van der Waals surface area contributed by atoms with E-state index in [0.717, 1.165) is 77.0 Å². The van der Waals surface area contributed by atoms with Gasteiger partial charge >= 0.3 is 19.8 Å². The molecule has 0 aromatic heterocycles. The number of unbranched alkanes of at least 4 members (excludes halogenated alkanes) is 49. The Morgan fingerprint density at radius 1 is 0.356 bits per heavy atom. The molecule has 0 saturated carbocycles. The molecule has 0 amide bonds. The Morgan fingerprint density at radius 2 is 0.633 bits per heavy atom. The number of nitrogens with zero attached hydrogens (tertiary/aromatic N) is 1. The minimum absolute atomic E-state index is 0.0301. The van der Waals surface area contributed by atoms with E-state index in [0.29, 0.717) is 23.9 Å². The van der Waals surface area contributed by atoms with Crippen LogP contribution in [0.15, 0.2) is 60.8 Å². The number of likely N-dealkylation sites (N-methyl/N-ethyl adjacent to an activating group) is 1. The normalized spacial score (nSPS) is 13.4. The van der Waals surface area contributed by atoms with Crippen molar-refractivity contribution in [3.63, 3.8) is 0 Å². The topological polar surface area (TPSA) is 108 Å². The summed E-state index contributed by atoms with van der Waals surface area (Å²) >= 11 is 0. The Hall–Kier alpha value is -2.29. The maximum absolute atomic E-state index is 12.9. The van der Waals surface area contributed by atoms with Crippen LogP contribution in [0.4, 0.5) is 0 Å². The van der Waals surface area contributed by atoms with E-state index in [1.54, 1.807) is 0 Å². The summed E-state index contributed by atoms with van der Waals surface area (Å²) in [5, 5.41) is 0. The summed E-state index contributed by atoms with van der Waals surface area (Å²) in [5.41, 5.74) is 0. The van der Waals surface area contributed by atoms with Crippen molar-refractivity contribution in [1.82, 2.24) is 0 Å². The van der Waals surface area contributed by atoms with E-state index in [1.807, 2.05) is 21.1 Å². The van der Waals surface area contributed by atoms with Gasteiger partial charge in [0.1, 0.15) is 19.8 Å². The third-order valence-corrected chi connectivity index (χ3v) is 18.5. The number of esters is 2. The van der Waals surface area contributed by atoms with Crippen LogP contribution in [0.2, 0.25) is 0 Å². The Morgan fingerprint density at radius 3 is 0.944 bits per heavy atom. The molecule has 9 nitrogen and oxygen atoms in total. The van der Waals surface area contributed by atoms with Gasteiger partial charge in [-0.2, -0.15) is 0 Å². The second-order valence-corrected chi connectivity index (χ2v) is 29.2. The fourth-order valence-corrected chi connectivity index (χ4v) is 12.4. The van der Waals surface area contributed by atoms with Crippen molar-refractivity contribution >= 4 is 19.8 Å². The molecular weight excluding hydrogens is 1130 g/mol. The van der Waals surface area contributed by atoms with Crippen molar-refractivity contribution in [2.24, 2.45) is 0 Å². The number of rotatable bonds is 73. The molecule has 10 heteroatoms. The number of carbonyl (C=O) groups is 2. The molecular formula is C80H151NO8P+. The number of quaternary nitrogens is 1. The monoisotopic (exact) mass is 1290 g/mol. The number of phosphoric acid groups is 1. The first kappa shape index (κ1) is 87.7. The van der Waals surface area contributed by atoms with Crippen molar-refractivity contribution in [2.45, 2.75) is 392 Å². The van der Waals surface area contributed by atoms with Crippen molar-refractivity contribution < 1.29 is 42.1 Å². The first-order chi connectivity index (χ1) is 44.0. The van der Waals surface area contributed by atoms with E-state index in [-0.39, 0.29) is 25.6 Å². The summed E-state index contributed by atoms with van der Waals surface area (Å²) in [6.07, 6.45) is 95.2. The van der Waals surface area contributed by atoms with E-state index in [4.69, 9.17) is 18.5 Å². The highest BCUT2D eigenvalue weighted by molar-refractivity contribution is 7.47. The zero-order valence-electron chi connectivity index (χ0n) is 60.4. The van der Waals surface area contributed by atoms with Gasteiger partial charge in [0, 0.05) is 12.8 Å². The maximum atomic E-state index is 12.9. The molecule has 90 heavy (non-hydrogen) atoms. The lowest BCUT2D eigenvalue weighted by Gasteiger charge is -2.24. The van der Waals surface area contributed by atoms with Gasteiger partial charge in [0.25, 0.3) is 0 Å².